The predicted molar refractivity (Wildman–Crippen MR) is 114 cm³/mol. The number of H-pyrrole nitrogens is 1. The molecule has 3 aromatic heterocycles. The van der Waals surface area contributed by atoms with Crippen molar-refractivity contribution in [3.63, 3.8) is 0 Å². The van der Waals surface area contributed by atoms with Gasteiger partial charge in [-0.15, -0.1) is 0 Å². The average Bonchev–Trinajstić information content (AvgIpc) is 3.28. The topological polar surface area (TPSA) is 96.0 Å². The van der Waals surface area contributed by atoms with E-state index >= 15 is 0 Å². The van der Waals surface area contributed by atoms with Crippen molar-refractivity contribution in [2.45, 2.75) is 57.2 Å². The van der Waals surface area contributed by atoms with E-state index in [1.54, 1.807) is 11.1 Å². The molecule has 32 heavy (non-hydrogen) atoms. The van der Waals surface area contributed by atoms with Crippen molar-refractivity contribution in [3.8, 4) is 11.4 Å². The van der Waals surface area contributed by atoms with Crippen LogP contribution >= 0.6 is 0 Å². The van der Waals surface area contributed by atoms with Crippen LogP contribution in [0.3, 0.4) is 0 Å². The molecular formula is C22H24F2N6O2. The molecule has 1 saturated heterocycles. The minimum absolute atomic E-state index is 0.0518. The summed E-state index contributed by atoms with van der Waals surface area (Å²) in [5.74, 6) is -0.729. The van der Waals surface area contributed by atoms with Gasteiger partial charge in [0.05, 0.1) is 18.4 Å². The number of fused-ring (bicyclic) bond motifs is 1. The van der Waals surface area contributed by atoms with E-state index in [0.29, 0.717) is 29.6 Å². The van der Waals surface area contributed by atoms with Gasteiger partial charge in [0.1, 0.15) is 17.1 Å². The van der Waals surface area contributed by atoms with Gasteiger partial charge in [-0.1, -0.05) is 0 Å². The molecule has 0 aromatic carbocycles. The summed E-state index contributed by atoms with van der Waals surface area (Å²) in [6.07, 6.45) is 6.55. The number of pyridine rings is 1. The van der Waals surface area contributed by atoms with Crippen molar-refractivity contribution >= 4 is 22.9 Å². The van der Waals surface area contributed by atoms with Crippen LogP contribution in [0.1, 0.15) is 39.5 Å². The van der Waals surface area contributed by atoms with Crippen LogP contribution in [0.2, 0.25) is 0 Å². The van der Waals surface area contributed by atoms with E-state index in [1.807, 2.05) is 13.8 Å². The summed E-state index contributed by atoms with van der Waals surface area (Å²) in [7, 11) is 0. The van der Waals surface area contributed by atoms with Crippen molar-refractivity contribution in [3.05, 3.63) is 36.3 Å². The number of nitrogens with one attached hydrogen (secondary N) is 2. The van der Waals surface area contributed by atoms with Gasteiger partial charge in [0.25, 0.3) is 0 Å². The number of ether oxygens (including phenoxy) is 1. The number of anilines is 1. The molecule has 2 fully saturated rings. The third-order valence-corrected chi connectivity index (χ3v) is 6.66. The molecule has 0 radical (unpaired) electrons. The van der Waals surface area contributed by atoms with Crippen LogP contribution in [0, 0.1) is 11.6 Å². The molecule has 3 aromatic rings. The Morgan fingerprint density at radius 2 is 2.19 bits per heavy atom. The van der Waals surface area contributed by atoms with Gasteiger partial charge in [-0.3, -0.25) is 0 Å². The summed E-state index contributed by atoms with van der Waals surface area (Å²) in [6, 6.07) is 1.17. The highest BCUT2D eigenvalue weighted by atomic mass is 19.1. The van der Waals surface area contributed by atoms with E-state index in [1.165, 1.54) is 6.07 Å². The Hall–Kier alpha value is -3.30. The predicted octanol–water partition coefficient (Wildman–Crippen LogP) is 4.25. The molecule has 1 aliphatic carbocycles. The molecule has 10 heteroatoms. The maximum atomic E-state index is 14.6. The normalized spacial score (nSPS) is 25.5. The molecule has 1 amide bonds. The van der Waals surface area contributed by atoms with E-state index in [2.05, 4.69) is 25.3 Å². The number of halogens is 2. The van der Waals surface area contributed by atoms with Crippen molar-refractivity contribution in [2.24, 2.45) is 0 Å². The van der Waals surface area contributed by atoms with E-state index in [4.69, 9.17) is 4.74 Å². The molecule has 1 aliphatic heterocycles. The van der Waals surface area contributed by atoms with Crippen molar-refractivity contribution in [1.29, 1.82) is 0 Å². The number of hydrogen-bond acceptors (Lipinski definition) is 6. The summed E-state index contributed by atoms with van der Waals surface area (Å²) < 4.78 is 34.1. The second kappa shape index (κ2) is 7.68. The lowest BCUT2D eigenvalue weighted by Crippen LogP contribution is -2.49. The van der Waals surface area contributed by atoms with Crippen molar-refractivity contribution in [2.75, 3.05) is 11.9 Å². The van der Waals surface area contributed by atoms with Gasteiger partial charge in [-0.2, -0.15) is 0 Å². The Morgan fingerprint density at radius 1 is 1.34 bits per heavy atom. The Morgan fingerprint density at radius 3 is 2.97 bits per heavy atom. The van der Waals surface area contributed by atoms with Crippen molar-refractivity contribution in [1.82, 2.24) is 24.8 Å². The number of likely N-dealkylation sites (N-methyl/N-ethyl adjacent to an activating group) is 1. The lowest BCUT2D eigenvalue weighted by molar-refractivity contribution is 0.00222. The molecule has 1 saturated carbocycles. The van der Waals surface area contributed by atoms with Crippen LogP contribution in [0.4, 0.5) is 19.4 Å². The fourth-order valence-electron chi connectivity index (χ4n) is 4.98. The van der Waals surface area contributed by atoms with E-state index in [-0.39, 0.29) is 29.8 Å². The number of rotatable bonds is 4. The molecule has 0 bridgehead atoms. The first kappa shape index (κ1) is 20.6. The lowest BCUT2D eigenvalue weighted by atomic mass is 9.77. The SMILES string of the molecule is CCN1C(=O)O[C@]2(CCC[C@H](Nc3nc(-c4c[nH]c5ncc(F)cc45)ncc3F)C2)C1C. The Labute approximate surface area is 183 Å². The highest BCUT2D eigenvalue weighted by molar-refractivity contribution is 5.91. The van der Waals surface area contributed by atoms with Crippen LogP contribution in [0.15, 0.2) is 24.7 Å². The molecule has 3 atom stereocenters. The van der Waals surface area contributed by atoms with Crippen LogP contribution in [0.5, 0.6) is 0 Å². The van der Waals surface area contributed by atoms with Crippen LogP contribution in [0.25, 0.3) is 22.4 Å². The van der Waals surface area contributed by atoms with Gasteiger partial charge >= 0.3 is 6.09 Å². The monoisotopic (exact) mass is 442 g/mol. The first-order valence-corrected chi connectivity index (χ1v) is 10.8. The number of amides is 1. The van der Waals surface area contributed by atoms with Gasteiger partial charge in [-0.05, 0) is 39.2 Å². The van der Waals surface area contributed by atoms with Gasteiger partial charge in [0, 0.05) is 36.2 Å². The van der Waals surface area contributed by atoms with E-state index in [9.17, 15) is 13.6 Å². The highest BCUT2D eigenvalue weighted by Crippen LogP contribution is 2.42. The largest absolute Gasteiger partial charge is 0.441 e. The molecule has 1 spiro atoms. The maximum absolute atomic E-state index is 14.6. The van der Waals surface area contributed by atoms with Gasteiger partial charge in [0.2, 0.25) is 0 Å². The maximum Gasteiger partial charge on any atom is 0.410 e. The van der Waals surface area contributed by atoms with Gasteiger partial charge in [-0.25, -0.2) is 28.5 Å². The van der Waals surface area contributed by atoms with Gasteiger partial charge < -0.3 is 19.9 Å². The zero-order valence-corrected chi connectivity index (χ0v) is 17.9. The summed E-state index contributed by atoms with van der Waals surface area (Å²) >= 11 is 0. The smallest absolute Gasteiger partial charge is 0.410 e. The molecule has 168 valence electrons. The Bertz CT molecular complexity index is 1180. The Balaban J connectivity index is 1.41. The lowest BCUT2D eigenvalue weighted by Gasteiger charge is -2.39. The number of hydrogen-bond donors (Lipinski definition) is 2. The average molecular weight is 442 g/mol. The van der Waals surface area contributed by atoms with E-state index in [0.717, 1.165) is 31.7 Å². The molecule has 5 rings (SSSR count). The van der Waals surface area contributed by atoms with Crippen LogP contribution in [-0.2, 0) is 4.74 Å². The Kier molecular flexibility index (Phi) is 4.94. The highest BCUT2D eigenvalue weighted by Gasteiger charge is 2.53. The molecule has 1 unspecified atom stereocenters. The first-order valence-electron chi connectivity index (χ1n) is 10.8. The number of aromatic nitrogens is 4. The second-order valence-corrected chi connectivity index (χ2v) is 8.47. The van der Waals surface area contributed by atoms with E-state index < -0.39 is 17.2 Å². The molecule has 8 nitrogen and oxygen atoms in total. The summed E-state index contributed by atoms with van der Waals surface area (Å²) in [6.45, 7) is 4.52. The molecular weight excluding hydrogens is 418 g/mol. The van der Waals surface area contributed by atoms with Crippen LogP contribution < -0.4 is 5.32 Å². The fraction of sp³-hybridized carbons (Fsp3) is 0.455. The third-order valence-electron chi connectivity index (χ3n) is 6.66. The second-order valence-electron chi connectivity index (χ2n) is 8.47. The standard InChI is InChI=1S/C22H24F2N6O2/c1-3-30-12(2)22(32-21(30)31)6-4-5-14(8-22)28-20-17(24)11-27-19(29-20)16-10-26-18-15(16)7-13(23)9-25-18/h7,9-12,14H,3-6,8H2,1-2H3,(H,25,26)(H,27,28,29)/t12?,14-,22-/m0/s1. The van der Waals surface area contributed by atoms with Crippen LogP contribution in [-0.4, -0.2) is 55.2 Å². The number of carbonyl (C=O) groups is 1. The van der Waals surface area contributed by atoms with Gasteiger partial charge in [0.15, 0.2) is 17.5 Å². The third kappa shape index (κ3) is 3.34. The minimum atomic E-state index is -0.588. The number of aromatic amines is 1. The summed E-state index contributed by atoms with van der Waals surface area (Å²) in [4.78, 5) is 29.5. The zero-order valence-electron chi connectivity index (χ0n) is 17.9. The summed E-state index contributed by atoms with van der Waals surface area (Å²) in [5, 5.41) is 3.71. The zero-order chi connectivity index (χ0) is 22.5. The summed E-state index contributed by atoms with van der Waals surface area (Å²) in [5.41, 5.74) is 0.442. The minimum Gasteiger partial charge on any atom is -0.441 e. The molecule has 2 aliphatic rings. The quantitative estimate of drug-likeness (QED) is 0.627. The number of carbonyl (C=O) groups excluding carboxylic acids is 1. The fourth-order valence-corrected chi connectivity index (χ4v) is 4.98. The molecule has 2 N–H and O–H groups in total. The first-order chi connectivity index (χ1) is 15.4. The number of nitrogens with zero attached hydrogens (tertiary/aromatic N) is 4. The van der Waals surface area contributed by atoms with Crippen molar-refractivity contribution < 1.29 is 18.3 Å². The molecule has 4 heterocycles.